The van der Waals surface area contributed by atoms with Gasteiger partial charge in [-0.05, 0) is 26.0 Å². The van der Waals surface area contributed by atoms with E-state index in [-0.39, 0.29) is 18.2 Å². The maximum atomic E-state index is 12.5. The van der Waals surface area contributed by atoms with Crippen molar-refractivity contribution in [2.75, 3.05) is 32.8 Å². The lowest BCUT2D eigenvalue weighted by atomic mass is 9.99. The number of amides is 2. The summed E-state index contributed by atoms with van der Waals surface area (Å²) >= 11 is 0. The molecule has 0 aliphatic carbocycles. The number of carbonyl (C=O) groups excluding carboxylic acids is 1. The first-order chi connectivity index (χ1) is 11.5. The number of aliphatic hydroxyl groups excluding tert-OH is 1. The third kappa shape index (κ3) is 3.37. The molecule has 1 fully saturated rings. The quantitative estimate of drug-likeness (QED) is 0.885. The average Bonchev–Trinajstić information content (AvgIpc) is 2.97. The molecule has 0 radical (unpaired) electrons. The minimum atomic E-state index is -0.154. The molecular formula is C17H24N4O3. The zero-order valence-corrected chi connectivity index (χ0v) is 14.2. The lowest BCUT2D eigenvalue weighted by molar-refractivity contribution is 0.0243. The van der Waals surface area contributed by atoms with Gasteiger partial charge in [0.15, 0.2) is 5.58 Å². The van der Waals surface area contributed by atoms with E-state index in [2.05, 4.69) is 29.2 Å². The molecule has 1 aliphatic heterocycles. The molecule has 3 rings (SSSR count). The first-order valence-electron chi connectivity index (χ1n) is 8.23. The number of nitrogens with one attached hydrogen (secondary N) is 1. The Labute approximate surface area is 141 Å². The van der Waals surface area contributed by atoms with Crippen LogP contribution in [0.5, 0.6) is 0 Å². The highest BCUT2D eigenvalue weighted by molar-refractivity contribution is 5.80. The molecule has 24 heavy (non-hydrogen) atoms. The van der Waals surface area contributed by atoms with Crippen LogP contribution in [0.25, 0.3) is 11.0 Å². The van der Waals surface area contributed by atoms with E-state index in [9.17, 15) is 4.79 Å². The monoisotopic (exact) mass is 332 g/mol. The normalized spacial score (nSPS) is 18.0. The maximum absolute atomic E-state index is 12.5. The summed E-state index contributed by atoms with van der Waals surface area (Å²) in [7, 11) is 0. The van der Waals surface area contributed by atoms with Crippen LogP contribution in [-0.2, 0) is 6.54 Å². The van der Waals surface area contributed by atoms with Crippen molar-refractivity contribution in [1.82, 2.24) is 20.3 Å². The second-order valence-corrected chi connectivity index (χ2v) is 6.73. The van der Waals surface area contributed by atoms with Crippen molar-refractivity contribution in [3.05, 3.63) is 30.0 Å². The van der Waals surface area contributed by atoms with E-state index in [1.807, 2.05) is 29.2 Å². The van der Waals surface area contributed by atoms with Crippen molar-refractivity contribution < 1.29 is 14.4 Å². The van der Waals surface area contributed by atoms with Crippen molar-refractivity contribution in [2.45, 2.75) is 25.9 Å². The fourth-order valence-electron chi connectivity index (χ4n) is 3.24. The van der Waals surface area contributed by atoms with Crippen molar-refractivity contribution >= 4 is 17.0 Å². The van der Waals surface area contributed by atoms with E-state index in [1.54, 1.807) is 0 Å². The molecule has 2 heterocycles. The molecule has 0 spiro atoms. The van der Waals surface area contributed by atoms with Gasteiger partial charge in [-0.1, -0.05) is 17.3 Å². The number of aliphatic hydroxyl groups is 1. The van der Waals surface area contributed by atoms with Gasteiger partial charge in [0.1, 0.15) is 5.69 Å². The van der Waals surface area contributed by atoms with Crippen molar-refractivity contribution in [1.29, 1.82) is 0 Å². The first kappa shape index (κ1) is 16.7. The third-order valence-corrected chi connectivity index (χ3v) is 4.59. The number of nitrogens with zero attached hydrogens (tertiary/aromatic N) is 3. The highest BCUT2D eigenvalue weighted by Crippen LogP contribution is 2.21. The summed E-state index contributed by atoms with van der Waals surface area (Å²) in [5.41, 5.74) is 1.30. The maximum Gasteiger partial charge on any atom is 0.317 e. The molecule has 130 valence electrons. The minimum Gasteiger partial charge on any atom is -0.395 e. The van der Waals surface area contributed by atoms with Gasteiger partial charge in [0, 0.05) is 37.1 Å². The number of aromatic nitrogens is 1. The molecule has 1 aromatic carbocycles. The molecule has 2 N–H and O–H groups in total. The topological polar surface area (TPSA) is 81.8 Å². The number of para-hydroxylation sites is 1. The predicted octanol–water partition coefficient (Wildman–Crippen LogP) is 1.43. The fraction of sp³-hybridized carbons (Fsp3) is 0.529. The van der Waals surface area contributed by atoms with Gasteiger partial charge < -0.3 is 19.8 Å². The Morgan fingerprint density at radius 3 is 2.92 bits per heavy atom. The van der Waals surface area contributed by atoms with Gasteiger partial charge in [0.05, 0.1) is 13.2 Å². The summed E-state index contributed by atoms with van der Waals surface area (Å²) in [6.07, 6.45) is 0. The third-order valence-electron chi connectivity index (χ3n) is 4.59. The van der Waals surface area contributed by atoms with Crippen LogP contribution in [0.4, 0.5) is 4.79 Å². The van der Waals surface area contributed by atoms with Crippen molar-refractivity contribution in [2.24, 2.45) is 0 Å². The smallest absolute Gasteiger partial charge is 0.317 e. The zero-order chi connectivity index (χ0) is 17.2. The number of carbonyl (C=O) groups is 1. The van der Waals surface area contributed by atoms with Gasteiger partial charge in [-0.2, -0.15) is 0 Å². The van der Waals surface area contributed by atoms with Crippen molar-refractivity contribution in [3.63, 3.8) is 0 Å². The Hall–Kier alpha value is -2.12. The molecule has 1 aromatic heterocycles. The first-order valence-corrected chi connectivity index (χ1v) is 8.23. The molecule has 0 unspecified atom stereocenters. The number of fused-ring (bicyclic) bond motifs is 1. The standard InChI is InChI=1S/C17H24N4O3/c1-17(2)12-20(7-8-21(17)9-10-22)16(23)18-11-14-13-5-3-4-6-15(13)24-19-14/h3-6,22H,7-12H2,1-2H3,(H,18,23). The van der Waals surface area contributed by atoms with Crippen molar-refractivity contribution in [3.8, 4) is 0 Å². The highest BCUT2D eigenvalue weighted by atomic mass is 16.5. The van der Waals surface area contributed by atoms with Crippen LogP contribution in [0.2, 0.25) is 0 Å². The lowest BCUT2D eigenvalue weighted by Crippen LogP contribution is -2.62. The van der Waals surface area contributed by atoms with Gasteiger partial charge in [-0.25, -0.2) is 4.79 Å². The van der Waals surface area contributed by atoms with Crippen LogP contribution in [0.15, 0.2) is 28.8 Å². The lowest BCUT2D eigenvalue weighted by Gasteiger charge is -2.46. The Kier molecular flexibility index (Phi) is 4.73. The summed E-state index contributed by atoms with van der Waals surface area (Å²) in [4.78, 5) is 16.5. The summed E-state index contributed by atoms with van der Waals surface area (Å²) in [5, 5.41) is 17.0. The van der Waals surface area contributed by atoms with Crippen LogP contribution < -0.4 is 5.32 Å². The van der Waals surface area contributed by atoms with E-state index >= 15 is 0 Å². The molecule has 0 bridgehead atoms. The molecule has 0 saturated carbocycles. The summed E-state index contributed by atoms with van der Waals surface area (Å²) in [6, 6.07) is 7.51. The number of urea groups is 1. The largest absolute Gasteiger partial charge is 0.395 e. The van der Waals surface area contributed by atoms with Crippen LogP contribution >= 0.6 is 0 Å². The molecular weight excluding hydrogens is 308 g/mol. The minimum absolute atomic E-state index is 0.0983. The van der Waals surface area contributed by atoms with Crippen LogP contribution in [0.1, 0.15) is 19.5 Å². The number of benzene rings is 1. The van der Waals surface area contributed by atoms with Gasteiger partial charge in [-0.3, -0.25) is 4.90 Å². The number of hydrogen-bond acceptors (Lipinski definition) is 5. The van der Waals surface area contributed by atoms with E-state index < -0.39 is 0 Å². The molecule has 0 atom stereocenters. The number of hydrogen-bond donors (Lipinski definition) is 2. The van der Waals surface area contributed by atoms with E-state index in [0.29, 0.717) is 26.2 Å². The molecule has 2 aromatic rings. The van der Waals surface area contributed by atoms with Crippen LogP contribution in [0, 0.1) is 0 Å². The van der Waals surface area contributed by atoms with Gasteiger partial charge in [0.2, 0.25) is 0 Å². The molecule has 2 amide bonds. The molecule has 7 heteroatoms. The second kappa shape index (κ2) is 6.78. The van der Waals surface area contributed by atoms with E-state index in [1.165, 1.54) is 0 Å². The van der Waals surface area contributed by atoms with E-state index in [4.69, 9.17) is 9.63 Å². The van der Waals surface area contributed by atoms with Crippen LogP contribution in [0.3, 0.4) is 0 Å². The second-order valence-electron chi connectivity index (χ2n) is 6.73. The summed E-state index contributed by atoms with van der Waals surface area (Å²) in [6.45, 7) is 7.32. The summed E-state index contributed by atoms with van der Waals surface area (Å²) in [5.74, 6) is 0. The average molecular weight is 332 g/mol. The number of β-amino-alcohol motifs (C(OH)–C–C–N with tert-alkyl or cyclic N) is 1. The Morgan fingerprint density at radius 1 is 1.38 bits per heavy atom. The molecule has 1 aliphatic rings. The molecule has 1 saturated heterocycles. The Balaban J connectivity index is 1.60. The summed E-state index contributed by atoms with van der Waals surface area (Å²) < 4.78 is 5.26. The predicted molar refractivity (Wildman–Crippen MR) is 90.6 cm³/mol. The zero-order valence-electron chi connectivity index (χ0n) is 14.2. The Morgan fingerprint density at radius 2 is 2.17 bits per heavy atom. The van der Waals surface area contributed by atoms with E-state index in [0.717, 1.165) is 23.2 Å². The van der Waals surface area contributed by atoms with Gasteiger partial charge in [0.25, 0.3) is 0 Å². The van der Waals surface area contributed by atoms with Gasteiger partial charge >= 0.3 is 6.03 Å². The van der Waals surface area contributed by atoms with Gasteiger partial charge in [-0.15, -0.1) is 0 Å². The Bertz CT molecular complexity index is 713. The fourth-order valence-corrected chi connectivity index (χ4v) is 3.24. The SMILES string of the molecule is CC1(C)CN(C(=O)NCc2noc3ccccc23)CCN1CCO. The number of rotatable bonds is 4. The molecule has 7 nitrogen and oxygen atoms in total. The van der Waals surface area contributed by atoms with Crippen LogP contribution in [-0.4, -0.2) is 64.4 Å². The number of piperazine rings is 1. The highest BCUT2D eigenvalue weighted by Gasteiger charge is 2.35.